The molecule has 2 heteroatoms. The normalized spacial score (nSPS) is 43.9. The van der Waals surface area contributed by atoms with E-state index in [9.17, 15) is 0 Å². The molecule has 2 nitrogen and oxygen atoms in total. The zero-order valence-corrected chi connectivity index (χ0v) is 6.83. The molecule has 2 bridgehead atoms. The van der Waals surface area contributed by atoms with Crippen LogP contribution >= 0.6 is 0 Å². The van der Waals surface area contributed by atoms with Crippen molar-refractivity contribution < 1.29 is 9.84 Å². The van der Waals surface area contributed by atoms with E-state index in [0.29, 0.717) is 5.92 Å². The molecular weight excluding hydrogens is 140 g/mol. The minimum Gasteiger partial charge on any atom is -0.394 e. The van der Waals surface area contributed by atoms with Crippen molar-refractivity contribution in [3.63, 3.8) is 0 Å². The van der Waals surface area contributed by atoms with Gasteiger partial charge >= 0.3 is 0 Å². The van der Waals surface area contributed by atoms with E-state index in [1.807, 2.05) is 0 Å². The molecule has 11 heavy (non-hydrogen) atoms. The third-order valence-corrected chi connectivity index (χ3v) is 3.08. The molecule has 3 atom stereocenters. The quantitative estimate of drug-likeness (QED) is 0.618. The Kier molecular flexibility index (Phi) is 2.14. The van der Waals surface area contributed by atoms with E-state index in [1.165, 1.54) is 25.7 Å². The molecule has 64 valence electrons. The van der Waals surface area contributed by atoms with Crippen molar-refractivity contribution in [1.82, 2.24) is 0 Å². The van der Waals surface area contributed by atoms with E-state index in [-0.39, 0.29) is 12.7 Å². The van der Waals surface area contributed by atoms with Gasteiger partial charge in [0.25, 0.3) is 0 Å². The summed E-state index contributed by atoms with van der Waals surface area (Å²) in [5.74, 6) is 1.46. The number of fused-ring (bicyclic) bond motifs is 2. The summed E-state index contributed by atoms with van der Waals surface area (Å²) < 4.78 is 5.54. The highest BCUT2D eigenvalue weighted by molar-refractivity contribution is 4.82. The number of aliphatic hydroxyl groups excluding tert-OH is 1. The molecule has 2 rings (SSSR count). The second-order valence-corrected chi connectivity index (χ2v) is 3.85. The maximum Gasteiger partial charge on any atom is 0.0834 e. The molecule has 2 aliphatic rings. The van der Waals surface area contributed by atoms with E-state index < -0.39 is 0 Å². The first-order valence-corrected chi connectivity index (χ1v) is 4.62. The maximum atomic E-state index is 8.98. The lowest BCUT2D eigenvalue weighted by Gasteiger charge is -2.39. The van der Waals surface area contributed by atoms with Crippen LogP contribution in [0, 0.1) is 11.8 Å². The van der Waals surface area contributed by atoms with Gasteiger partial charge in [0.2, 0.25) is 0 Å². The Morgan fingerprint density at radius 1 is 1.36 bits per heavy atom. The van der Waals surface area contributed by atoms with Crippen LogP contribution < -0.4 is 0 Å². The van der Waals surface area contributed by atoms with Crippen LogP contribution in [0.25, 0.3) is 0 Å². The predicted octanol–water partition coefficient (Wildman–Crippen LogP) is 1.18. The van der Waals surface area contributed by atoms with E-state index >= 15 is 0 Å². The summed E-state index contributed by atoms with van der Waals surface area (Å²) >= 11 is 0. The van der Waals surface area contributed by atoms with E-state index in [2.05, 4.69) is 0 Å². The average Bonchev–Trinajstić information content (AvgIpc) is 2.06. The second kappa shape index (κ2) is 3.11. The van der Waals surface area contributed by atoms with Crippen LogP contribution in [-0.4, -0.2) is 24.4 Å². The van der Waals surface area contributed by atoms with Crippen molar-refractivity contribution in [1.29, 1.82) is 0 Å². The fourth-order valence-corrected chi connectivity index (χ4v) is 2.42. The van der Waals surface area contributed by atoms with Crippen molar-refractivity contribution in [3.05, 3.63) is 0 Å². The molecule has 1 saturated heterocycles. The third-order valence-electron chi connectivity index (χ3n) is 3.08. The monoisotopic (exact) mass is 156 g/mol. The molecule has 0 aromatic rings. The summed E-state index contributed by atoms with van der Waals surface area (Å²) in [4.78, 5) is 0. The van der Waals surface area contributed by atoms with Gasteiger partial charge in [0.15, 0.2) is 0 Å². The summed E-state index contributed by atoms with van der Waals surface area (Å²) in [6.45, 7) is 1.11. The number of hydrogen-bond donors (Lipinski definition) is 1. The summed E-state index contributed by atoms with van der Waals surface area (Å²) in [5.41, 5.74) is 0. The Labute approximate surface area is 67.6 Å². The number of hydrogen-bond acceptors (Lipinski definition) is 2. The van der Waals surface area contributed by atoms with Crippen LogP contribution in [-0.2, 0) is 4.74 Å². The summed E-state index contributed by atoms with van der Waals surface area (Å²) in [7, 11) is 0. The molecule has 1 saturated carbocycles. The highest BCUT2D eigenvalue weighted by Gasteiger charge is 2.33. The largest absolute Gasteiger partial charge is 0.394 e. The first kappa shape index (κ1) is 7.56. The molecule has 0 aromatic carbocycles. The molecule has 1 N–H and O–H groups in total. The van der Waals surface area contributed by atoms with E-state index in [4.69, 9.17) is 9.84 Å². The van der Waals surface area contributed by atoms with Gasteiger partial charge in [0.05, 0.1) is 12.7 Å². The minimum atomic E-state index is 0.159. The molecule has 2 fully saturated rings. The van der Waals surface area contributed by atoms with E-state index in [0.717, 1.165) is 12.5 Å². The first-order valence-electron chi connectivity index (χ1n) is 4.62. The van der Waals surface area contributed by atoms with Crippen LogP contribution in [0.4, 0.5) is 0 Å². The Hall–Kier alpha value is -0.0800. The Bertz CT molecular complexity index is 136. The zero-order chi connectivity index (χ0) is 7.68. The standard InChI is InChI=1S/C9H16O2/c10-5-9-8-3-1-2-7(4-8)6-11-9/h7-10H,1-6H2. The van der Waals surface area contributed by atoms with Crippen molar-refractivity contribution in [2.24, 2.45) is 11.8 Å². The van der Waals surface area contributed by atoms with Crippen LogP contribution in [0.1, 0.15) is 25.7 Å². The lowest BCUT2D eigenvalue weighted by molar-refractivity contribution is -0.0963. The van der Waals surface area contributed by atoms with Crippen molar-refractivity contribution >= 4 is 0 Å². The molecule has 1 aliphatic carbocycles. The SMILES string of the molecule is OCC1OCC2CCCC1C2. The van der Waals surface area contributed by atoms with Gasteiger partial charge in [-0.05, 0) is 31.1 Å². The maximum absolute atomic E-state index is 8.98. The second-order valence-electron chi connectivity index (χ2n) is 3.85. The first-order chi connectivity index (χ1) is 5.40. The Morgan fingerprint density at radius 3 is 3.09 bits per heavy atom. The molecule has 0 aromatic heterocycles. The molecule has 0 amide bonds. The third kappa shape index (κ3) is 1.42. The number of aliphatic hydroxyl groups is 1. The summed E-state index contributed by atoms with van der Waals surface area (Å²) in [5, 5.41) is 8.98. The van der Waals surface area contributed by atoms with Gasteiger partial charge in [-0.1, -0.05) is 6.42 Å². The number of ether oxygens (including phenoxy) is 1. The van der Waals surface area contributed by atoms with Gasteiger partial charge < -0.3 is 9.84 Å². The highest BCUT2D eigenvalue weighted by Crippen LogP contribution is 2.36. The smallest absolute Gasteiger partial charge is 0.0834 e. The fourth-order valence-electron chi connectivity index (χ4n) is 2.42. The van der Waals surface area contributed by atoms with Crippen LogP contribution in [0.15, 0.2) is 0 Å². The molecule has 0 radical (unpaired) electrons. The summed E-state index contributed by atoms with van der Waals surface area (Å²) in [6.07, 6.45) is 5.41. The van der Waals surface area contributed by atoms with Crippen molar-refractivity contribution in [2.75, 3.05) is 13.2 Å². The molecule has 3 unspecified atom stereocenters. The van der Waals surface area contributed by atoms with Gasteiger partial charge in [0.1, 0.15) is 0 Å². The van der Waals surface area contributed by atoms with Gasteiger partial charge in [-0.3, -0.25) is 0 Å². The molecule has 1 aliphatic heterocycles. The predicted molar refractivity (Wildman–Crippen MR) is 42.3 cm³/mol. The lowest BCUT2D eigenvalue weighted by Crippen LogP contribution is -2.39. The summed E-state index contributed by atoms with van der Waals surface area (Å²) in [6, 6.07) is 0. The van der Waals surface area contributed by atoms with Gasteiger partial charge in [-0.25, -0.2) is 0 Å². The lowest BCUT2D eigenvalue weighted by atomic mass is 9.77. The van der Waals surface area contributed by atoms with Crippen molar-refractivity contribution in [2.45, 2.75) is 31.8 Å². The van der Waals surface area contributed by atoms with Crippen LogP contribution in [0.2, 0.25) is 0 Å². The van der Waals surface area contributed by atoms with Gasteiger partial charge in [0, 0.05) is 6.61 Å². The minimum absolute atomic E-state index is 0.159. The molecule has 0 spiro atoms. The topological polar surface area (TPSA) is 29.5 Å². The Morgan fingerprint density at radius 2 is 2.27 bits per heavy atom. The average molecular weight is 156 g/mol. The van der Waals surface area contributed by atoms with Crippen molar-refractivity contribution in [3.8, 4) is 0 Å². The van der Waals surface area contributed by atoms with Gasteiger partial charge in [-0.2, -0.15) is 0 Å². The molecular formula is C9H16O2. The zero-order valence-electron chi connectivity index (χ0n) is 6.83. The van der Waals surface area contributed by atoms with Crippen LogP contribution in [0.5, 0.6) is 0 Å². The van der Waals surface area contributed by atoms with Gasteiger partial charge in [-0.15, -0.1) is 0 Å². The molecule has 1 heterocycles. The van der Waals surface area contributed by atoms with E-state index in [1.54, 1.807) is 0 Å². The van der Waals surface area contributed by atoms with Crippen LogP contribution in [0.3, 0.4) is 0 Å². The fraction of sp³-hybridized carbons (Fsp3) is 1.00. The highest BCUT2D eigenvalue weighted by atomic mass is 16.5. The Balaban J connectivity index is 1.97. The number of rotatable bonds is 1.